The second-order valence-electron chi connectivity index (χ2n) is 15.2. The number of Topliss-reactive ketones (excluding diaryl/α,β-unsaturated/α-hetero) is 1. The minimum absolute atomic E-state index is 0.00256. The Morgan fingerprint density at radius 3 is 1.60 bits per heavy atom. The lowest BCUT2D eigenvalue weighted by atomic mass is 9.92. The highest BCUT2D eigenvalue weighted by atomic mass is 16.7. The Morgan fingerprint density at radius 2 is 1.11 bits per heavy atom. The number of carbonyl (C=O) groups is 3. The van der Waals surface area contributed by atoms with Crippen LogP contribution in [-0.2, 0) is 33.3 Å². The molecule has 0 aromatic heterocycles. The van der Waals surface area contributed by atoms with Gasteiger partial charge in [-0.25, -0.2) is 0 Å². The lowest BCUT2D eigenvalue weighted by Crippen LogP contribution is -2.55. The van der Waals surface area contributed by atoms with Gasteiger partial charge in [-0.3, -0.25) is 14.4 Å². The number of carbonyl (C=O) groups excluding carboxylic acids is 3. The first-order valence-electron chi connectivity index (χ1n) is 19.9. The Kier molecular flexibility index (Phi) is 23.4. The molecule has 0 aliphatic carbocycles. The molecule has 0 saturated carbocycles. The van der Waals surface area contributed by atoms with Crippen LogP contribution in [0.25, 0.3) is 0 Å². The van der Waals surface area contributed by atoms with E-state index in [4.69, 9.17) is 18.9 Å². The Morgan fingerprint density at radius 1 is 0.642 bits per heavy atom. The van der Waals surface area contributed by atoms with Gasteiger partial charge in [0.25, 0.3) is 0 Å². The number of amides is 2. The first kappa shape index (κ1) is 47.4. The standard InChI is InChI=1S/C38H70N2O13/c1-24(2)21-28(43)27(40-32(45)17-11-8-14-20-51-38-26(4)34(47)36(49)30(23-42)53-38)15-9-5-6-12-18-39-31(44)16-10-7-13-19-50-37-25(3)33(46)35(48)29(22-41)52-37/h24-27,29-30,33-38,41-42,46-49H,5-23H2,1-4H3,(H,39,44)(H,40,45). The van der Waals surface area contributed by atoms with E-state index in [0.717, 1.165) is 38.5 Å². The molecule has 8 N–H and O–H groups in total. The minimum atomic E-state index is -1.17. The second-order valence-corrected chi connectivity index (χ2v) is 15.2. The molecule has 2 fully saturated rings. The average molecular weight is 763 g/mol. The molecule has 2 rings (SSSR count). The fourth-order valence-electron chi connectivity index (χ4n) is 6.62. The van der Waals surface area contributed by atoms with Crippen molar-refractivity contribution >= 4 is 17.6 Å². The average Bonchev–Trinajstić information content (AvgIpc) is 3.12. The summed E-state index contributed by atoms with van der Waals surface area (Å²) < 4.78 is 22.6. The third-order valence-electron chi connectivity index (χ3n) is 10.1. The van der Waals surface area contributed by atoms with E-state index in [0.29, 0.717) is 71.1 Å². The maximum atomic E-state index is 12.9. The number of aliphatic hydroxyl groups is 6. The summed E-state index contributed by atoms with van der Waals surface area (Å²) in [5.74, 6) is -0.804. The van der Waals surface area contributed by atoms with Crippen LogP contribution in [0.15, 0.2) is 0 Å². The molecule has 2 amide bonds. The van der Waals surface area contributed by atoms with Gasteiger partial charge in [0.1, 0.15) is 24.4 Å². The van der Waals surface area contributed by atoms with E-state index in [-0.39, 0.29) is 23.5 Å². The third kappa shape index (κ3) is 17.3. The zero-order chi connectivity index (χ0) is 39.3. The zero-order valence-electron chi connectivity index (χ0n) is 32.4. The van der Waals surface area contributed by atoms with Crippen molar-refractivity contribution in [1.82, 2.24) is 10.6 Å². The number of nitrogens with one attached hydrogen (secondary N) is 2. The maximum absolute atomic E-state index is 12.9. The van der Waals surface area contributed by atoms with Gasteiger partial charge in [0.05, 0.1) is 31.5 Å². The monoisotopic (exact) mass is 762 g/mol. The van der Waals surface area contributed by atoms with Crippen LogP contribution in [0.5, 0.6) is 0 Å². The highest BCUT2D eigenvalue weighted by Crippen LogP contribution is 2.28. The number of aliphatic hydroxyl groups excluding tert-OH is 6. The van der Waals surface area contributed by atoms with E-state index in [1.54, 1.807) is 13.8 Å². The minimum Gasteiger partial charge on any atom is -0.394 e. The molecule has 15 heteroatoms. The fourth-order valence-corrected chi connectivity index (χ4v) is 6.62. The molecule has 0 bridgehead atoms. The number of unbranched alkanes of at least 4 members (excludes halogenated alkanes) is 7. The first-order chi connectivity index (χ1) is 25.3. The first-order valence-corrected chi connectivity index (χ1v) is 19.9. The van der Waals surface area contributed by atoms with Gasteiger partial charge in [-0.05, 0) is 44.4 Å². The number of rotatable bonds is 27. The molecule has 0 aromatic carbocycles. The smallest absolute Gasteiger partial charge is 0.220 e. The normalized spacial score (nSPS) is 29.6. The molecule has 53 heavy (non-hydrogen) atoms. The number of ketones is 1. The summed E-state index contributed by atoms with van der Waals surface area (Å²) in [4.78, 5) is 37.9. The lowest BCUT2D eigenvalue weighted by Gasteiger charge is -2.40. The Hall–Kier alpha value is -1.79. The van der Waals surface area contributed by atoms with Crippen LogP contribution in [0, 0.1) is 17.8 Å². The highest BCUT2D eigenvalue weighted by molar-refractivity contribution is 5.89. The number of hydrogen-bond donors (Lipinski definition) is 8. The Bertz CT molecular complexity index is 1030. The summed E-state index contributed by atoms with van der Waals surface area (Å²) in [6.45, 7) is 7.88. The van der Waals surface area contributed by atoms with Crippen molar-refractivity contribution in [1.29, 1.82) is 0 Å². The van der Waals surface area contributed by atoms with Gasteiger partial charge in [-0.15, -0.1) is 0 Å². The van der Waals surface area contributed by atoms with E-state index >= 15 is 0 Å². The molecule has 0 aromatic rings. The van der Waals surface area contributed by atoms with Gasteiger partial charge in [-0.1, -0.05) is 59.8 Å². The van der Waals surface area contributed by atoms with Gasteiger partial charge in [0, 0.05) is 50.9 Å². The SMILES string of the molecule is CC(C)CC(=O)C(CCCCCCNC(=O)CCCCCOC1OC(CO)C(O)C(O)C1C)NC(=O)CCCCCOC1OC(CO)C(O)C(O)C1C. The summed E-state index contributed by atoms with van der Waals surface area (Å²) in [6, 6.07) is -0.514. The summed E-state index contributed by atoms with van der Waals surface area (Å²) in [7, 11) is 0. The van der Waals surface area contributed by atoms with Crippen LogP contribution in [0.3, 0.4) is 0 Å². The van der Waals surface area contributed by atoms with Crippen molar-refractivity contribution < 1.29 is 64.0 Å². The maximum Gasteiger partial charge on any atom is 0.220 e. The quantitative estimate of drug-likeness (QED) is 0.0555. The van der Waals surface area contributed by atoms with Crippen molar-refractivity contribution in [3.05, 3.63) is 0 Å². The van der Waals surface area contributed by atoms with E-state index < -0.39 is 80.3 Å². The van der Waals surface area contributed by atoms with Crippen LogP contribution in [0.4, 0.5) is 0 Å². The molecule has 2 aliphatic rings. The van der Waals surface area contributed by atoms with Crippen molar-refractivity contribution in [2.24, 2.45) is 17.8 Å². The summed E-state index contributed by atoms with van der Waals surface area (Å²) in [6.07, 6.45) is 1.66. The molecule has 11 unspecified atom stereocenters. The number of hydrogen-bond acceptors (Lipinski definition) is 13. The van der Waals surface area contributed by atoms with E-state index in [2.05, 4.69) is 10.6 Å². The van der Waals surface area contributed by atoms with Gasteiger partial charge < -0.3 is 60.2 Å². The molecule has 0 spiro atoms. The highest BCUT2D eigenvalue weighted by Gasteiger charge is 2.43. The predicted molar refractivity (Wildman–Crippen MR) is 195 cm³/mol. The molecule has 0 radical (unpaired) electrons. The Balaban J connectivity index is 1.54. The largest absolute Gasteiger partial charge is 0.394 e. The van der Waals surface area contributed by atoms with Gasteiger partial charge in [0.15, 0.2) is 18.4 Å². The predicted octanol–water partition coefficient (Wildman–Crippen LogP) is 1.46. The molecular weight excluding hydrogens is 692 g/mol. The lowest BCUT2D eigenvalue weighted by molar-refractivity contribution is -0.282. The molecule has 11 atom stereocenters. The van der Waals surface area contributed by atoms with Crippen LogP contribution in [-0.4, -0.2) is 136 Å². The van der Waals surface area contributed by atoms with E-state index in [1.165, 1.54) is 0 Å². The summed E-state index contributed by atoms with van der Waals surface area (Å²) in [5, 5.41) is 64.8. The van der Waals surface area contributed by atoms with Crippen molar-refractivity contribution in [2.75, 3.05) is 33.0 Å². The summed E-state index contributed by atoms with van der Waals surface area (Å²) in [5.41, 5.74) is 0. The van der Waals surface area contributed by atoms with Crippen molar-refractivity contribution in [3.8, 4) is 0 Å². The fraction of sp³-hybridized carbons (Fsp3) is 0.921. The van der Waals surface area contributed by atoms with Crippen molar-refractivity contribution in [2.45, 2.75) is 173 Å². The van der Waals surface area contributed by atoms with E-state index in [9.17, 15) is 45.0 Å². The molecular formula is C38H70N2O13. The van der Waals surface area contributed by atoms with Gasteiger partial charge in [0.2, 0.25) is 11.8 Å². The molecule has 2 aliphatic heterocycles. The second kappa shape index (κ2) is 26.1. The topological polar surface area (TPSA) is 234 Å². The van der Waals surface area contributed by atoms with Gasteiger partial charge in [-0.2, -0.15) is 0 Å². The van der Waals surface area contributed by atoms with Crippen molar-refractivity contribution in [3.63, 3.8) is 0 Å². The van der Waals surface area contributed by atoms with Gasteiger partial charge >= 0.3 is 0 Å². The van der Waals surface area contributed by atoms with Crippen LogP contribution in [0.2, 0.25) is 0 Å². The molecule has 15 nitrogen and oxygen atoms in total. The molecule has 2 heterocycles. The Labute approximate surface area is 315 Å². The molecule has 310 valence electrons. The third-order valence-corrected chi connectivity index (χ3v) is 10.1. The number of ether oxygens (including phenoxy) is 4. The molecule has 2 saturated heterocycles. The van der Waals surface area contributed by atoms with Crippen LogP contribution >= 0.6 is 0 Å². The van der Waals surface area contributed by atoms with E-state index in [1.807, 2.05) is 13.8 Å². The van der Waals surface area contributed by atoms with Crippen LogP contribution < -0.4 is 10.6 Å². The zero-order valence-corrected chi connectivity index (χ0v) is 32.4. The van der Waals surface area contributed by atoms with Crippen LogP contribution in [0.1, 0.15) is 118 Å². The summed E-state index contributed by atoms with van der Waals surface area (Å²) >= 11 is 0.